The second kappa shape index (κ2) is 9.04. The van der Waals surface area contributed by atoms with Crippen molar-refractivity contribution >= 4 is 28.6 Å². The van der Waals surface area contributed by atoms with Crippen molar-refractivity contribution in [2.45, 2.75) is 6.92 Å². The van der Waals surface area contributed by atoms with Crippen LogP contribution in [0.2, 0.25) is 5.02 Å². The molecule has 160 valence electrons. The van der Waals surface area contributed by atoms with Crippen molar-refractivity contribution in [3.8, 4) is 29.4 Å². The maximum atomic E-state index is 11.9. The zero-order valence-electron chi connectivity index (χ0n) is 17.7. The van der Waals surface area contributed by atoms with Crippen LogP contribution in [0.4, 0.5) is 0 Å². The number of ether oxygens (including phenoxy) is 3. The number of fused-ring (bicyclic) bond motifs is 1. The lowest BCUT2D eigenvalue weighted by molar-refractivity contribution is 0.0599. The zero-order chi connectivity index (χ0) is 22.7. The first-order valence-electron chi connectivity index (χ1n) is 9.69. The molecular weight excluding hydrogens is 428 g/mol. The number of carbonyl (C=O) groups excluding carboxylic acids is 1. The third kappa shape index (κ3) is 4.39. The summed E-state index contributed by atoms with van der Waals surface area (Å²) in [4.78, 5) is 19.5. The van der Waals surface area contributed by atoms with Crippen molar-refractivity contribution in [1.29, 1.82) is 0 Å². The van der Waals surface area contributed by atoms with Crippen LogP contribution in [0.5, 0.6) is 17.5 Å². The summed E-state index contributed by atoms with van der Waals surface area (Å²) in [5.41, 5.74) is 3.96. The van der Waals surface area contributed by atoms with Gasteiger partial charge in [0.2, 0.25) is 0 Å². The fourth-order valence-corrected chi connectivity index (χ4v) is 3.35. The average molecular weight is 447 g/mol. The van der Waals surface area contributed by atoms with Gasteiger partial charge < -0.3 is 19.2 Å². The summed E-state index contributed by atoms with van der Waals surface area (Å²) in [5.74, 6) is 6.89. The van der Waals surface area contributed by atoms with E-state index in [9.17, 15) is 4.79 Å². The number of hydrogen-bond acceptors (Lipinski definition) is 5. The van der Waals surface area contributed by atoms with E-state index < -0.39 is 5.97 Å². The summed E-state index contributed by atoms with van der Waals surface area (Å²) in [6, 6.07) is 16.5. The number of nitrogens with one attached hydrogen (secondary N) is 1. The largest absolute Gasteiger partial charge is 0.495 e. The highest BCUT2D eigenvalue weighted by Crippen LogP contribution is 2.28. The van der Waals surface area contributed by atoms with Crippen LogP contribution >= 0.6 is 11.6 Å². The number of aryl methyl sites for hydroxylation is 1. The third-order valence-electron chi connectivity index (χ3n) is 4.82. The van der Waals surface area contributed by atoms with Gasteiger partial charge in [-0.15, -0.1) is 0 Å². The summed E-state index contributed by atoms with van der Waals surface area (Å²) in [7, 11) is 2.94. The summed E-state index contributed by atoms with van der Waals surface area (Å²) in [6.45, 7) is 1.83. The smallest absolute Gasteiger partial charge is 0.338 e. The van der Waals surface area contributed by atoms with Crippen LogP contribution in [0.15, 0.2) is 54.6 Å². The normalized spacial score (nSPS) is 10.4. The fraction of sp³-hybridized carbons (Fsp3) is 0.120. The molecule has 4 rings (SSSR count). The lowest BCUT2D eigenvalue weighted by Crippen LogP contribution is -2.04. The Morgan fingerprint density at radius 3 is 2.59 bits per heavy atom. The standard InChI is InChI=1S/C25H19ClN2O4/c1-15-8-11-18(13-19(15)24(29)31-3)32-25-27-21-12-17(20(26)14-22(21)28-25)10-9-16-6-4-5-7-23(16)30-2/h4-8,11-14H,1-3H3,(H,27,28). The summed E-state index contributed by atoms with van der Waals surface area (Å²) in [5, 5.41) is 0.485. The predicted octanol–water partition coefficient (Wildman–Crippen LogP) is 5.51. The van der Waals surface area contributed by atoms with E-state index >= 15 is 0 Å². The molecule has 0 aliphatic carbocycles. The Labute approximate surface area is 190 Å². The maximum Gasteiger partial charge on any atom is 0.338 e. The molecule has 0 saturated carbocycles. The van der Waals surface area contributed by atoms with E-state index in [1.165, 1.54) is 7.11 Å². The number of benzene rings is 3. The van der Waals surface area contributed by atoms with Crippen molar-refractivity contribution < 1.29 is 19.0 Å². The molecule has 0 unspecified atom stereocenters. The first-order chi connectivity index (χ1) is 15.5. The Kier molecular flexibility index (Phi) is 6.02. The van der Waals surface area contributed by atoms with E-state index in [2.05, 4.69) is 21.8 Å². The van der Waals surface area contributed by atoms with E-state index in [-0.39, 0.29) is 6.01 Å². The van der Waals surface area contributed by atoms with Crippen molar-refractivity contribution in [3.05, 3.63) is 81.9 Å². The van der Waals surface area contributed by atoms with Crippen LogP contribution in [0, 0.1) is 18.8 Å². The Balaban J connectivity index is 1.64. The van der Waals surface area contributed by atoms with Crippen LogP contribution in [0.1, 0.15) is 27.0 Å². The zero-order valence-corrected chi connectivity index (χ0v) is 18.4. The first kappa shape index (κ1) is 21.3. The number of rotatable bonds is 4. The van der Waals surface area contributed by atoms with Gasteiger partial charge in [0.25, 0.3) is 6.01 Å². The maximum absolute atomic E-state index is 11.9. The molecule has 0 amide bonds. The van der Waals surface area contributed by atoms with Gasteiger partial charge in [0.1, 0.15) is 11.5 Å². The van der Waals surface area contributed by atoms with E-state index in [1.807, 2.05) is 31.2 Å². The van der Waals surface area contributed by atoms with Crippen LogP contribution in [0.25, 0.3) is 11.0 Å². The van der Waals surface area contributed by atoms with Crippen LogP contribution < -0.4 is 9.47 Å². The monoisotopic (exact) mass is 446 g/mol. The molecule has 0 fully saturated rings. The lowest BCUT2D eigenvalue weighted by atomic mass is 10.1. The Bertz CT molecular complexity index is 1380. The number of para-hydroxylation sites is 1. The van der Waals surface area contributed by atoms with Crippen molar-refractivity contribution in [2.75, 3.05) is 14.2 Å². The number of aromatic nitrogens is 2. The van der Waals surface area contributed by atoms with E-state index in [0.29, 0.717) is 38.7 Å². The molecule has 0 aliphatic rings. The van der Waals surface area contributed by atoms with Gasteiger partial charge in [0.15, 0.2) is 0 Å². The molecule has 0 aliphatic heterocycles. The molecule has 0 bridgehead atoms. The fourth-order valence-electron chi connectivity index (χ4n) is 3.14. The lowest BCUT2D eigenvalue weighted by Gasteiger charge is -2.07. The van der Waals surface area contributed by atoms with Gasteiger partial charge in [-0.3, -0.25) is 0 Å². The highest BCUT2D eigenvalue weighted by molar-refractivity contribution is 6.32. The molecule has 0 spiro atoms. The molecule has 6 nitrogen and oxygen atoms in total. The molecule has 0 saturated heterocycles. The highest BCUT2D eigenvalue weighted by Gasteiger charge is 2.13. The number of halogens is 1. The molecule has 3 aromatic carbocycles. The second-order valence-electron chi connectivity index (χ2n) is 6.91. The Hall–Kier alpha value is -3.95. The Morgan fingerprint density at radius 2 is 1.81 bits per heavy atom. The molecule has 0 radical (unpaired) electrons. The second-order valence-corrected chi connectivity index (χ2v) is 7.32. The number of aromatic amines is 1. The van der Waals surface area contributed by atoms with Gasteiger partial charge in [0, 0.05) is 5.56 Å². The number of hydrogen-bond donors (Lipinski definition) is 1. The molecule has 1 N–H and O–H groups in total. The molecule has 4 aromatic rings. The first-order valence-corrected chi connectivity index (χ1v) is 10.1. The molecule has 1 aromatic heterocycles. The summed E-state index contributed by atoms with van der Waals surface area (Å²) >= 11 is 6.43. The molecule has 32 heavy (non-hydrogen) atoms. The number of nitrogens with zero attached hydrogens (tertiary/aromatic N) is 1. The molecule has 7 heteroatoms. The topological polar surface area (TPSA) is 73.4 Å². The molecule has 1 heterocycles. The third-order valence-corrected chi connectivity index (χ3v) is 5.13. The van der Waals surface area contributed by atoms with Gasteiger partial charge in [-0.1, -0.05) is 41.6 Å². The van der Waals surface area contributed by atoms with Gasteiger partial charge in [-0.2, -0.15) is 4.98 Å². The number of imidazole rings is 1. The predicted molar refractivity (Wildman–Crippen MR) is 123 cm³/mol. The van der Waals surface area contributed by atoms with Crippen LogP contribution in [-0.2, 0) is 4.74 Å². The molecule has 0 atom stereocenters. The summed E-state index contributed by atoms with van der Waals surface area (Å²) in [6.07, 6.45) is 0. The van der Waals surface area contributed by atoms with Gasteiger partial charge in [0.05, 0.1) is 41.4 Å². The van der Waals surface area contributed by atoms with E-state index in [0.717, 1.165) is 11.1 Å². The van der Waals surface area contributed by atoms with Crippen LogP contribution in [0.3, 0.4) is 0 Å². The number of esters is 1. The van der Waals surface area contributed by atoms with Crippen molar-refractivity contribution in [3.63, 3.8) is 0 Å². The minimum atomic E-state index is -0.428. The van der Waals surface area contributed by atoms with Gasteiger partial charge in [-0.05, 0) is 48.9 Å². The van der Waals surface area contributed by atoms with Crippen molar-refractivity contribution in [2.24, 2.45) is 0 Å². The summed E-state index contributed by atoms with van der Waals surface area (Å²) < 4.78 is 16.0. The van der Waals surface area contributed by atoms with Crippen LogP contribution in [-0.4, -0.2) is 30.2 Å². The number of methoxy groups -OCH3 is 2. The van der Waals surface area contributed by atoms with E-state index in [4.69, 9.17) is 25.8 Å². The van der Waals surface area contributed by atoms with Crippen molar-refractivity contribution in [1.82, 2.24) is 9.97 Å². The minimum absolute atomic E-state index is 0.269. The minimum Gasteiger partial charge on any atom is -0.495 e. The highest BCUT2D eigenvalue weighted by atomic mass is 35.5. The quantitative estimate of drug-likeness (QED) is 0.330. The van der Waals surface area contributed by atoms with E-state index in [1.54, 1.807) is 37.4 Å². The molecular formula is C25H19ClN2O4. The van der Waals surface area contributed by atoms with Gasteiger partial charge >= 0.3 is 5.97 Å². The Morgan fingerprint density at radius 1 is 1.03 bits per heavy atom. The van der Waals surface area contributed by atoms with Gasteiger partial charge in [-0.25, -0.2) is 4.79 Å². The number of H-pyrrole nitrogens is 1. The average Bonchev–Trinajstić information content (AvgIpc) is 3.19. The SMILES string of the molecule is COC(=O)c1cc(Oc2nc3cc(C#Cc4ccccc4OC)c(Cl)cc3[nH]2)ccc1C. The number of carbonyl (C=O) groups is 1.